The van der Waals surface area contributed by atoms with Crippen molar-refractivity contribution in [2.45, 2.75) is 65.0 Å². The second kappa shape index (κ2) is 6.39. The van der Waals surface area contributed by atoms with Crippen LogP contribution in [0.25, 0.3) is 0 Å². The second-order valence-corrected chi connectivity index (χ2v) is 8.24. The van der Waals surface area contributed by atoms with Crippen LogP contribution in [0, 0.1) is 23.7 Å². The molecule has 3 fully saturated rings. The average molecular weight is 312 g/mol. The third-order valence-electron chi connectivity index (χ3n) is 5.46. The summed E-state index contributed by atoms with van der Waals surface area (Å²) in [6, 6.07) is 0. The van der Waals surface area contributed by atoms with Gasteiger partial charge in [-0.05, 0) is 18.3 Å². The fourth-order valence-corrected chi connectivity index (χ4v) is 3.89. The van der Waals surface area contributed by atoms with Gasteiger partial charge in [-0.25, -0.2) is 0 Å². The molecule has 3 aliphatic rings. The molecular formula is C18H32O4. The minimum Gasteiger partial charge on any atom is -0.349 e. The first-order valence-corrected chi connectivity index (χ1v) is 8.98. The molecule has 4 heteroatoms. The molecule has 0 aromatic heterocycles. The third kappa shape index (κ3) is 3.50. The van der Waals surface area contributed by atoms with Crippen LogP contribution in [0.15, 0.2) is 0 Å². The Hall–Kier alpha value is -0.160. The molecule has 0 aromatic rings. The van der Waals surface area contributed by atoms with Gasteiger partial charge in [-0.2, -0.15) is 0 Å². The highest BCUT2D eigenvalue weighted by Crippen LogP contribution is 2.48. The van der Waals surface area contributed by atoms with Crippen LogP contribution in [0.2, 0.25) is 0 Å². The van der Waals surface area contributed by atoms with Crippen molar-refractivity contribution in [3.05, 3.63) is 0 Å². The lowest BCUT2D eigenvalue weighted by molar-refractivity contribution is -0.324. The molecule has 1 saturated carbocycles. The summed E-state index contributed by atoms with van der Waals surface area (Å²) in [5.74, 6) is 1.41. The maximum atomic E-state index is 6.16. The summed E-state index contributed by atoms with van der Waals surface area (Å²) in [5, 5.41) is 0. The van der Waals surface area contributed by atoms with Crippen LogP contribution in [0.1, 0.15) is 53.4 Å². The Morgan fingerprint density at radius 2 is 1.32 bits per heavy atom. The van der Waals surface area contributed by atoms with Crippen LogP contribution in [-0.2, 0) is 18.9 Å². The van der Waals surface area contributed by atoms with Gasteiger partial charge < -0.3 is 18.9 Å². The Morgan fingerprint density at radius 3 is 1.77 bits per heavy atom. The number of hydrogen-bond acceptors (Lipinski definition) is 4. The maximum absolute atomic E-state index is 6.16. The van der Waals surface area contributed by atoms with Gasteiger partial charge in [0.15, 0.2) is 11.6 Å². The summed E-state index contributed by atoms with van der Waals surface area (Å²) in [6.07, 6.45) is 3.66. The van der Waals surface area contributed by atoms with Gasteiger partial charge in [0.25, 0.3) is 0 Å². The SMILES string of the molecule is CC(C)CC1COC2(CCC3(C2)OCC(C(C)C)CO3)OC1. The van der Waals surface area contributed by atoms with Gasteiger partial charge in [0.05, 0.1) is 32.8 Å². The van der Waals surface area contributed by atoms with Crippen molar-refractivity contribution in [1.82, 2.24) is 0 Å². The topological polar surface area (TPSA) is 36.9 Å². The van der Waals surface area contributed by atoms with Gasteiger partial charge in [0.1, 0.15) is 0 Å². The average Bonchev–Trinajstić information content (AvgIpc) is 2.81. The van der Waals surface area contributed by atoms with E-state index in [1.54, 1.807) is 0 Å². The smallest absolute Gasteiger partial charge is 0.173 e. The molecule has 0 amide bonds. The molecule has 2 spiro atoms. The highest BCUT2D eigenvalue weighted by atomic mass is 16.7. The predicted molar refractivity (Wildman–Crippen MR) is 84.4 cm³/mol. The van der Waals surface area contributed by atoms with Crippen molar-refractivity contribution in [3.63, 3.8) is 0 Å². The van der Waals surface area contributed by atoms with Crippen LogP contribution in [0.3, 0.4) is 0 Å². The maximum Gasteiger partial charge on any atom is 0.173 e. The molecule has 2 saturated heterocycles. The van der Waals surface area contributed by atoms with Crippen molar-refractivity contribution in [2.24, 2.45) is 23.7 Å². The molecule has 0 radical (unpaired) electrons. The van der Waals surface area contributed by atoms with Crippen molar-refractivity contribution < 1.29 is 18.9 Å². The molecule has 2 aliphatic heterocycles. The van der Waals surface area contributed by atoms with E-state index in [9.17, 15) is 0 Å². The van der Waals surface area contributed by atoms with Gasteiger partial charge in [-0.1, -0.05) is 27.7 Å². The van der Waals surface area contributed by atoms with Gasteiger partial charge in [-0.15, -0.1) is 0 Å². The molecular weight excluding hydrogens is 280 g/mol. The van der Waals surface area contributed by atoms with E-state index in [2.05, 4.69) is 27.7 Å². The first-order valence-electron chi connectivity index (χ1n) is 8.98. The molecule has 0 unspecified atom stereocenters. The molecule has 1 aliphatic carbocycles. The van der Waals surface area contributed by atoms with Gasteiger partial charge >= 0.3 is 0 Å². The highest BCUT2D eigenvalue weighted by Gasteiger charge is 2.55. The van der Waals surface area contributed by atoms with Crippen LogP contribution in [0.5, 0.6) is 0 Å². The zero-order chi connectivity index (χ0) is 15.8. The van der Waals surface area contributed by atoms with Crippen LogP contribution in [-0.4, -0.2) is 38.0 Å². The van der Waals surface area contributed by atoms with Crippen molar-refractivity contribution in [2.75, 3.05) is 26.4 Å². The molecule has 128 valence electrons. The normalized spacial score (nSPS) is 42.8. The van der Waals surface area contributed by atoms with Crippen molar-refractivity contribution in [1.29, 1.82) is 0 Å². The van der Waals surface area contributed by atoms with Crippen molar-refractivity contribution >= 4 is 0 Å². The van der Waals surface area contributed by atoms with Crippen LogP contribution >= 0.6 is 0 Å². The van der Waals surface area contributed by atoms with Gasteiger partial charge in [0.2, 0.25) is 0 Å². The van der Waals surface area contributed by atoms with Crippen LogP contribution < -0.4 is 0 Å². The fourth-order valence-electron chi connectivity index (χ4n) is 3.89. The largest absolute Gasteiger partial charge is 0.349 e. The minimum absolute atomic E-state index is 0.460. The summed E-state index contributed by atoms with van der Waals surface area (Å²) in [7, 11) is 0. The van der Waals surface area contributed by atoms with E-state index in [1.165, 1.54) is 6.42 Å². The highest BCUT2D eigenvalue weighted by molar-refractivity contribution is 4.94. The van der Waals surface area contributed by atoms with E-state index >= 15 is 0 Å². The zero-order valence-electron chi connectivity index (χ0n) is 14.6. The molecule has 22 heavy (non-hydrogen) atoms. The van der Waals surface area contributed by atoms with Crippen molar-refractivity contribution in [3.8, 4) is 0 Å². The second-order valence-electron chi connectivity index (χ2n) is 8.24. The first-order chi connectivity index (χ1) is 10.4. The van der Waals surface area contributed by atoms with Crippen LogP contribution in [0.4, 0.5) is 0 Å². The van der Waals surface area contributed by atoms with E-state index in [0.717, 1.165) is 45.7 Å². The summed E-state index contributed by atoms with van der Waals surface area (Å²) in [5.41, 5.74) is 0. The van der Waals surface area contributed by atoms with E-state index < -0.39 is 11.6 Å². The summed E-state index contributed by atoms with van der Waals surface area (Å²) in [6.45, 7) is 12.2. The summed E-state index contributed by atoms with van der Waals surface area (Å²) < 4.78 is 24.6. The Labute approximate surface area is 134 Å². The van der Waals surface area contributed by atoms with E-state index in [1.807, 2.05) is 0 Å². The van der Waals surface area contributed by atoms with E-state index in [-0.39, 0.29) is 0 Å². The summed E-state index contributed by atoms with van der Waals surface area (Å²) >= 11 is 0. The minimum atomic E-state index is -0.462. The third-order valence-corrected chi connectivity index (χ3v) is 5.46. The Bertz CT molecular complexity index is 363. The number of hydrogen-bond donors (Lipinski definition) is 0. The summed E-state index contributed by atoms with van der Waals surface area (Å²) in [4.78, 5) is 0. The first kappa shape index (κ1) is 16.7. The van der Waals surface area contributed by atoms with E-state index in [4.69, 9.17) is 18.9 Å². The Morgan fingerprint density at radius 1 is 0.818 bits per heavy atom. The molecule has 0 N–H and O–H groups in total. The number of ether oxygens (including phenoxy) is 4. The molecule has 2 heterocycles. The molecule has 0 atom stereocenters. The Kier molecular flexibility index (Phi) is 4.84. The fraction of sp³-hybridized carbons (Fsp3) is 1.00. The molecule has 0 bridgehead atoms. The molecule has 3 rings (SSSR count). The monoisotopic (exact) mass is 312 g/mol. The Balaban J connectivity index is 1.53. The lowest BCUT2D eigenvalue weighted by atomic mass is 9.96. The lowest BCUT2D eigenvalue weighted by Gasteiger charge is -2.42. The van der Waals surface area contributed by atoms with E-state index in [0.29, 0.717) is 23.7 Å². The zero-order valence-corrected chi connectivity index (χ0v) is 14.6. The van der Waals surface area contributed by atoms with Gasteiger partial charge in [0, 0.05) is 24.7 Å². The number of rotatable bonds is 3. The predicted octanol–water partition coefficient (Wildman–Crippen LogP) is 3.59. The quantitative estimate of drug-likeness (QED) is 0.798. The standard InChI is InChI=1S/C18H32O4/c1-13(2)7-15-8-19-17(20-9-15)5-6-18(12-17)21-10-16(11-22-18)14(3)4/h13-16H,5-12H2,1-4H3. The lowest BCUT2D eigenvalue weighted by Crippen LogP contribution is -2.48. The molecule has 4 nitrogen and oxygen atoms in total. The molecule has 0 aromatic carbocycles. The van der Waals surface area contributed by atoms with Gasteiger partial charge in [-0.3, -0.25) is 0 Å².